The van der Waals surface area contributed by atoms with Gasteiger partial charge in [0.2, 0.25) is 0 Å². The van der Waals surface area contributed by atoms with E-state index in [2.05, 4.69) is 19.9 Å². The Bertz CT molecular complexity index is 915. The SMILES string of the molecule is C[C@]12CC[C@@H](O)CC1=CC[C@H]1[C@H]2CC[C@]2(C)C(=O)/C(=C/c3cccc(F)c3)C[C@@H]12. The van der Waals surface area contributed by atoms with Gasteiger partial charge in [0.25, 0.3) is 0 Å². The summed E-state index contributed by atoms with van der Waals surface area (Å²) in [4.78, 5) is 13.4. The molecule has 1 N–H and O–H groups in total. The first-order valence-electron chi connectivity index (χ1n) is 11.2. The average Bonchev–Trinajstić information content (AvgIpc) is 2.93. The van der Waals surface area contributed by atoms with Crippen LogP contribution >= 0.6 is 0 Å². The van der Waals surface area contributed by atoms with Crippen molar-refractivity contribution in [3.05, 3.63) is 52.9 Å². The molecule has 1 aromatic carbocycles. The summed E-state index contributed by atoms with van der Waals surface area (Å²) in [7, 11) is 0. The van der Waals surface area contributed by atoms with Crippen molar-refractivity contribution in [1.82, 2.24) is 0 Å². The zero-order chi connectivity index (χ0) is 20.4. The van der Waals surface area contributed by atoms with Crippen LogP contribution in [-0.2, 0) is 4.79 Å². The van der Waals surface area contributed by atoms with Gasteiger partial charge in [-0.3, -0.25) is 4.79 Å². The molecule has 5 rings (SSSR count). The molecule has 0 bridgehead atoms. The minimum atomic E-state index is -0.282. The Kier molecular flexibility index (Phi) is 4.40. The summed E-state index contributed by atoms with van der Waals surface area (Å²) in [6.45, 7) is 4.58. The third-order valence-corrected chi connectivity index (χ3v) is 8.91. The predicted octanol–water partition coefficient (Wildman–Crippen LogP) is 5.71. The predicted molar refractivity (Wildman–Crippen MR) is 112 cm³/mol. The van der Waals surface area contributed by atoms with Crippen LogP contribution in [0.15, 0.2) is 41.5 Å². The molecule has 4 aliphatic carbocycles. The van der Waals surface area contributed by atoms with Gasteiger partial charge in [-0.05, 0) is 97.5 Å². The van der Waals surface area contributed by atoms with E-state index in [9.17, 15) is 14.3 Å². The summed E-state index contributed by atoms with van der Waals surface area (Å²) < 4.78 is 13.6. The molecule has 154 valence electrons. The quantitative estimate of drug-likeness (QED) is 0.489. The molecule has 0 heterocycles. The van der Waals surface area contributed by atoms with Gasteiger partial charge in [-0.1, -0.05) is 37.6 Å². The summed E-state index contributed by atoms with van der Waals surface area (Å²) in [6.07, 6.45) is 10.8. The number of carbonyl (C=O) groups excluding carboxylic acids is 1. The molecule has 0 amide bonds. The second-order valence-electron chi connectivity index (χ2n) is 10.4. The molecule has 4 aliphatic rings. The average molecular weight is 395 g/mol. The van der Waals surface area contributed by atoms with Gasteiger partial charge >= 0.3 is 0 Å². The molecule has 0 spiro atoms. The molecule has 2 nitrogen and oxygen atoms in total. The van der Waals surface area contributed by atoms with Gasteiger partial charge < -0.3 is 5.11 Å². The van der Waals surface area contributed by atoms with E-state index in [1.807, 2.05) is 12.1 Å². The Hall–Kier alpha value is -1.74. The van der Waals surface area contributed by atoms with Crippen LogP contribution in [0.2, 0.25) is 0 Å². The van der Waals surface area contributed by atoms with Crippen molar-refractivity contribution in [2.45, 2.75) is 64.9 Å². The van der Waals surface area contributed by atoms with E-state index >= 15 is 0 Å². The first-order valence-corrected chi connectivity index (χ1v) is 11.2. The second kappa shape index (κ2) is 6.63. The molecular weight excluding hydrogens is 363 g/mol. The molecule has 0 aliphatic heterocycles. The fourth-order valence-corrected chi connectivity index (χ4v) is 7.24. The van der Waals surface area contributed by atoms with Crippen molar-refractivity contribution in [3.63, 3.8) is 0 Å². The Morgan fingerprint density at radius 3 is 2.69 bits per heavy atom. The highest BCUT2D eigenvalue weighted by Crippen LogP contribution is 2.64. The topological polar surface area (TPSA) is 37.3 Å². The fourth-order valence-electron chi connectivity index (χ4n) is 7.24. The van der Waals surface area contributed by atoms with Crippen molar-refractivity contribution >= 4 is 11.9 Å². The van der Waals surface area contributed by atoms with E-state index in [-0.39, 0.29) is 28.5 Å². The van der Waals surface area contributed by atoms with Crippen LogP contribution in [0.3, 0.4) is 0 Å². The highest BCUT2D eigenvalue weighted by Gasteiger charge is 2.59. The highest BCUT2D eigenvalue weighted by atomic mass is 19.1. The Morgan fingerprint density at radius 1 is 1.10 bits per heavy atom. The summed E-state index contributed by atoms with van der Waals surface area (Å²) >= 11 is 0. The lowest BCUT2D eigenvalue weighted by atomic mass is 9.48. The number of allylic oxidation sites excluding steroid dienone is 2. The van der Waals surface area contributed by atoms with E-state index in [1.165, 1.54) is 17.7 Å². The van der Waals surface area contributed by atoms with Crippen LogP contribution in [-0.4, -0.2) is 17.0 Å². The third-order valence-electron chi connectivity index (χ3n) is 8.91. The molecule has 3 heteroatoms. The summed E-state index contributed by atoms with van der Waals surface area (Å²) in [5.41, 5.74) is 3.02. The second-order valence-corrected chi connectivity index (χ2v) is 10.4. The number of halogens is 1. The number of carbonyl (C=O) groups is 1. The molecule has 0 aromatic heterocycles. The largest absolute Gasteiger partial charge is 0.393 e. The standard InChI is InChI=1S/C26H31FO2/c1-25-10-8-20(28)15-18(25)6-7-21-22(25)9-11-26(2)23(21)14-17(24(26)29)12-16-4-3-5-19(27)13-16/h3-6,12-13,20-23,28H,7-11,14-15H2,1-2H3/b17-12+/t20-,21+,22-,23+,25+,26+/m1/s1. The zero-order valence-corrected chi connectivity index (χ0v) is 17.5. The number of benzene rings is 1. The van der Waals surface area contributed by atoms with Crippen LogP contribution in [0.1, 0.15) is 64.4 Å². The van der Waals surface area contributed by atoms with E-state index in [0.717, 1.165) is 56.1 Å². The normalized spacial score (nSPS) is 42.8. The Balaban J connectivity index is 1.48. The maximum atomic E-state index is 13.6. The molecule has 29 heavy (non-hydrogen) atoms. The number of fused-ring (bicyclic) bond motifs is 5. The van der Waals surface area contributed by atoms with Gasteiger partial charge in [0.15, 0.2) is 5.78 Å². The van der Waals surface area contributed by atoms with Crippen molar-refractivity contribution in [2.24, 2.45) is 28.6 Å². The highest BCUT2D eigenvalue weighted by molar-refractivity contribution is 6.05. The molecule has 6 atom stereocenters. The van der Waals surface area contributed by atoms with Gasteiger partial charge in [0.05, 0.1) is 6.10 Å². The van der Waals surface area contributed by atoms with Crippen LogP contribution in [0, 0.1) is 34.4 Å². The number of aliphatic hydroxyl groups excluding tert-OH is 1. The summed E-state index contributed by atoms with van der Waals surface area (Å²) in [5.74, 6) is 1.53. The van der Waals surface area contributed by atoms with E-state index in [1.54, 1.807) is 6.07 Å². The Labute approximate surface area is 172 Å². The van der Waals surface area contributed by atoms with Crippen molar-refractivity contribution < 1.29 is 14.3 Å². The number of hydrogen-bond donors (Lipinski definition) is 1. The minimum absolute atomic E-state index is 0.182. The van der Waals surface area contributed by atoms with Gasteiger partial charge in [-0.15, -0.1) is 0 Å². The molecule has 0 unspecified atom stereocenters. The number of Topliss-reactive ketones (excluding diaryl/α,β-unsaturated/α-hetero) is 1. The lowest BCUT2D eigenvalue weighted by molar-refractivity contribution is -0.130. The van der Waals surface area contributed by atoms with Crippen molar-refractivity contribution in [1.29, 1.82) is 0 Å². The minimum Gasteiger partial charge on any atom is -0.393 e. The molecule has 0 radical (unpaired) electrons. The molecule has 0 saturated heterocycles. The van der Waals surface area contributed by atoms with Crippen LogP contribution in [0.5, 0.6) is 0 Å². The lowest BCUT2D eigenvalue weighted by Crippen LogP contribution is -2.50. The lowest BCUT2D eigenvalue weighted by Gasteiger charge is -2.56. The summed E-state index contributed by atoms with van der Waals surface area (Å²) in [6, 6.07) is 6.54. The van der Waals surface area contributed by atoms with Crippen LogP contribution < -0.4 is 0 Å². The van der Waals surface area contributed by atoms with Gasteiger partial charge in [-0.25, -0.2) is 4.39 Å². The Morgan fingerprint density at radius 2 is 1.90 bits per heavy atom. The zero-order valence-electron chi connectivity index (χ0n) is 17.5. The number of aliphatic hydroxyl groups is 1. The van der Waals surface area contributed by atoms with E-state index in [0.29, 0.717) is 17.8 Å². The van der Waals surface area contributed by atoms with Gasteiger partial charge in [-0.2, -0.15) is 0 Å². The van der Waals surface area contributed by atoms with Crippen LogP contribution in [0.4, 0.5) is 4.39 Å². The first-order chi connectivity index (χ1) is 13.8. The van der Waals surface area contributed by atoms with E-state index in [4.69, 9.17) is 0 Å². The number of hydrogen-bond acceptors (Lipinski definition) is 2. The van der Waals surface area contributed by atoms with Gasteiger partial charge in [0.1, 0.15) is 5.82 Å². The monoisotopic (exact) mass is 394 g/mol. The first kappa shape index (κ1) is 19.2. The summed E-state index contributed by atoms with van der Waals surface area (Å²) in [5, 5.41) is 10.2. The number of ketones is 1. The van der Waals surface area contributed by atoms with Crippen molar-refractivity contribution in [2.75, 3.05) is 0 Å². The molecule has 3 fully saturated rings. The van der Waals surface area contributed by atoms with E-state index < -0.39 is 0 Å². The number of rotatable bonds is 1. The van der Waals surface area contributed by atoms with Crippen molar-refractivity contribution in [3.8, 4) is 0 Å². The van der Waals surface area contributed by atoms with Crippen LogP contribution in [0.25, 0.3) is 6.08 Å². The molecular formula is C26H31FO2. The molecule has 1 aromatic rings. The maximum Gasteiger partial charge on any atom is 0.165 e. The smallest absolute Gasteiger partial charge is 0.165 e. The van der Waals surface area contributed by atoms with Gasteiger partial charge in [0, 0.05) is 5.41 Å². The fraction of sp³-hybridized carbons (Fsp3) is 0.577. The maximum absolute atomic E-state index is 13.6. The third kappa shape index (κ3) is 2.88. The molecule has 3 saturated carbocycles.